The third-order valence-corrected chi connectivity index (χ3v) is 4.69. The summed E-state index contributed by atoms with van der Waals surface area (Å²) in [6, 6.07) is 9.13. The molecule has 0 amide bonds. The van der Waals surface area contributed by atoms with Gasteiger partial charge in [0.05, 0.1) is 0 Å². The fourth-order valence-corrected chi connectivity index (χ4v) is 3.29. The van der Waals surface area contributed by atoms with Gasteiger partial charge in [-0.15, -0.1) is 0 Å². The molecule has 6 heteroatoms. The highest BCUT2D eigenvalue weighted by Gasteiger charge is 2.17. The minimum Gasteiger partial charge on any atom is -0.352 e. The lowest BCUT2D eigenvalue weighted by Crippen LogP contribution is -2.12. The molecule has 0 spiro atoms. The standard InChI is InChI=1S/C15H21N3O2S/c1-4-12-6-5-7-13(8-12)17-21(19,20)15-9-14(10-16-2)18(3)11-15/h5-9,11,16-17H,4,10H2,1-3H3. The summed E-state index contributed by atoms with van der Waals surface area (Å²) in [5, 5.41) is 3.02. The molecular formula is C15H21N3O2S. The number of nitrogens with zero attached hydrogens (tertiary/aromatic N) is 1. The highest BCUT2D eigenvalue weighted by molar-refractivity contribution is 7.92. The Balaban J connectivity index is 2.27. The van der Waals surface area contributed by atoms with Crippen LogP contribution in [0, 0.1) is 0 Å². The van der Waals surface area contributed by atoms with Gasteiger partial charge in [0, 0.05) is 31.2 Å². The van der Waals surface area contributed by atoms with Crippen molar-refractivity contribution in [3.8, 4) is 0 Å². The van der Waals surface area contributed by atoms with Crippen molar-refractivity contribution in [3.05, 3.63) is 47.8 Å². The first kappa shape index (κ1) is 15.6. The van der Waals surface area contributed by atoms with E-state index in [0.29, 0.717) is 12.2 Å². The van der Waals surface area contributed by atoms with Crippen LogP contribution in [0.4, 0.5) is 5.69 Å². The smallest absolute Gasteiger partial charge is 0.263 e. The number of rotatable bonds is 6. The van der Waals surface area contributed by atoms with Gasteiger partial charge in [0.2, 0.25) is 0 Å². The molecule has 0 aliphatic carbocycles. The van der Waals surface area contributed by atoms with Crippen LogP contribution < -0.4 is 10.0 Å². The summed E-state index contributed by atoms with van der Waals surface area (Å²) >= 11 is 0. The third kappa shape index (κ3) is 3.65. The van der Waals surface area contributed by atoms with Crippen molar-refractivity contribution in [3.63, 3.8) is 0 Å². The van der Waals surface area contributed by atoms with Gasteiger partial charge in [-0.2, -0.15) is 0 Å². The van der Waals surface area contributed by atoms with Gasteiger partial charge in [0.1, 0.15) is 4.90 Å². The van der Waals surface area contributed by atoms with E-state index in [0.717, 1.165) is 17.7 Å². The zero-order valence-electron chi connectivity index (χ0n) is 12.6. The predicted molar refractivity (Wildman–Crippen MR) is 84.8 cm³/mol. The van der Waals surface area contributed by atoms with E-state index >= 15 is 0 Å². The van der Waals surface area contributed by atoms with Gasteiger partial charge >= 0.3 is 0 Å². The van der Waals surface area contributed by atoms with E-state index in [1.54, 1.807) is 18.3 Å². The maximum atomic E-state index is 12.4. The zero-order valence-corrected chi connectivity index (χ0v) is 13.4. The van der Waals surface area contributed by atoms with E-state index < -0.39 is 10.0 Å². The molecule has 0 fully saturated rings. The Hall–Kier alpha value is -1.79. The molecule has 114 valence electrons. The average molecular weight is 307 g/mol. The average Bonchev–Trinajstić information content (AvgIpc) is 2.81. The van der Waals surface area contributed by atoms with E-state index in [4.69, 9.17) is 0 Å². The van der Waals surface area contributed by atoms with E-state index in [-0.39, 0.29) is 4.90 Å². The van der Waals surface area contributed by atoms with Crippen LogP contribution in [0.3, 0.4) is 0 Å². The summed E-state index contributed by atoms with van der Waals surface area (Å²) < 4.78 is 29.3. The summed E-state index contributed by atoms with van der Waals surface area (Å²) in [5.74, 6) is 0. The number of aromatic nitrogens is 1. The van der Waals surface area contributed by atoms with Gasteiger partial charge in [-0.1, -0.05) is 19.1 Å². The van der Waals surface area contributed by atoms with E-state index in [1.165, 1.54) is 0 Å². The Morgan fingerprint density at radius 2 is 2.00 bits per heavy atom. The predicted octanol–water partition coefficient (Wildman–Crippen LogP) is 2.11. The fourth-order valence-electron chi connectivity index (χ4n) is 2.15. The molecule has 21 heavy (non-hydrogen) atoms. The lowest BCUT2D eigenvalue weighted by molar-refractivity contribution is 0.601. The summed E-state index contributed by atoms with van der Waals surface area (Å²) in [7, 11) is 0.109. The molecule has 5 nitrogen and oxygen atoms in total. The van der Waals surface area contributed by atoms with Gasteiger partial charge in [0.25, 0.3) is 10.0 Å². The van der Waals surface area contributed by atoms with Gasteiger partial charge in [-0.3, -0.25) is 4.72 Å². The number of hydrogen-bond donors (Lipinski definition) is 2. The van der Waals surface area contributed by atoms with Gasteiger partial charge in [0.15, 0.2) is 0 Å². The maximum Gasteiger partial charge on any atom is 0.263 e. The number of sulfonamides is 1. The van der Waals surface area contributed by atoms with Crippen LogP contribution in [-0.4, -0.2) is 20.0 Å². The Morgan fingerprint density at radius 3 is 2.67 bits per heavy atom. The summed E-state index contributed by atoms with van der Waals surface area (Å²) in [6.07, 6.45) is 2.49. The van der Waals surface area contributed by atoms with Crippen molar-refractivity contribution in [2.75, 3.05) is 11.8 Å². The molecule has 0 saturated heterocycles. The van der Waals surface area contributed by atoms with Crippen LogP contribution in [0.25, 0.3) is 0 Å². The minimum atomic E-state index is -3.56. The van der Waals surface area contributed by atoms with E-state index in [9.17, 15) is 8.42 Å². The molecule has 0 radical (unpaired) electrons. The van der Waals surface area contributed by atoms with Gasteiger partial charge in [-0.05, 0) is 37.2 Å². The second-order valence-electron chi connectivity index (χ2n) is 4.97. The monoisotopic (exact) mass is 307 g/mol. The van der Waals surface area contributed by atoms with Crippen LogP contribution >= 0.6 is 0 Å². The van der Waals surface area contributed by atoms with Crippen molar-refractivity contribution >= 4 is 15.7 Å². The number of benzene rings is 1. The van der Waals surface area contributed by atoms with Crippen molar-refractivity contribution in [1.29, 1.82) is 0 Å². The first-order chi connectivity index (χ1) is 9.96. The number of hydrogen-bond acceptors (Lipinski definition) is 3. The van der Waals surface area contributed by atoms with Crippen LogP contribution in [0.1, 0.15) is 18.2 Å². The van der Waals surface area contributed by atoms with Crippen molar-refractivity contribution in [1.82, 2.24) is 9.88 Å². The highest BCUT2D eigenvalue weighted by atomic mass is 32.2. The molecular weight excluding hydrogens is 286 g/mol. The number of anilines is 1. The molecule has 0 aliphatic rings. The second-order valence-corrected chi connectivity index (χ2v) is 6.65. The summed E-state index contributed by atoms with van der Waals surface area (Å²) in [6.45, 7) is 2.66. The van der Waals surface area contributed by atoms with Crippen LogP contribution in [0.2, 0.25) is 0 Å². The zero-order chi connectivity index (χ0) is 15.5. The second kappa shape index (κ2) is 6.32. The van der Waals surface area contributed by atoms with Crippen molar-refractivity contribution < 1.29 is 8.42 Å². The normalized spacial score (nSPS) is 11.6. The van der Waals surface area contributed by atoms with Crippen LogP contribution in [-0.2, 0) is 30.0 Å². The van der Waals surface area contributed by atoms with Crippen LogP contribution in [0.15, 0.2) is 41.4 Å². The van der Waals surface area contributed by atoms with Crippen LogP contribution in [0.5, 0.6) is 0 Å². The first-order valence-electron chi connectivity index (χ1n) is 6.88. The van der Waals surface area contributed by atoms with Crippen molar-refractivity contribution in [2.24, 2.45) is 7.05 Å². The van der Waals surface area contributed by atoms with Crippen molar-refractivity contribution in [2.45, 2.75) is 24.8 Å². The first-order valence-corrected chi connectivity index (χ1v) is 8.36. The number of nitrogens with one attached hydrogen (secondary N) is 2. The topological polar surface area (TPSA) is 63.1 Å². The highest BCUT2D eigenvalue weighted by Crippen LogP contribution is 2.19. The Morgan fingerprint density at radius 1 is 1.24 bits per heavy atom. The lowest BCUT2D eigenvalue weighted by atomic mass is 10.1. The quantitative estimate of drug-likeness (QED) is 0.859. The summed E-state index contributed by atoms with van der Waals surface area (Å²) in [5.41, 5.74) is 2.60. The Labute approximate surface area is 126 Å². The molecule has 0 aliphatic heterocycles. The molecule has 1 aromatic carbocycles. The van der Waals surface area contributed by atoms with Gasteiger partial charge < -0.3 is 9.88 Å². The molecule has 2 rings (SSSR count). The minimum absolute atomic E-state index is 0.275. The Bertz CT molecular complexity index is 720. The molecule has 1 heterocycles. The van der Waals surface area contributed by atoms with Gasteiger partial charge in [-0.25, -0.2) is 8.42 Å². The van der Waals surface area contributed by atoms with E-state index in [2.05, 4.69) is 10.0 Å². The third-order valence-electron chi connectivity index (χ3n) is 3.34. The number of aryl methyl sites for hydroxylation is 2. The molecule has 0 saturated carbocycles. The molecule has 2 N–H and O–H groups in total. The summed E-state index contributed by atoms with van der Waals surface area (Å²) in [4.78, 5) is 0.275. The molecule has 0 bridgehead atoms. The largest absolute Gasteiger partial charge is 0.352 e. The fraction of sp³-hybridized carbons (Fsp3) is 0.333. The molecule has 1 aromatic heterocycles. The van der Waals surface area contributed by atoms with E-state index in [1.807, 2.05) is 43.8 Å². The molecule has 2 aromatic rings. The lowest BCUT2D eigenvalue weighted by Gasteiger charge is -2.07. The molecule has 0 unspecified atom stereocenters. The Kier molecular flexibility index (Phi) is 4.69. The maximum absolute atomic E-state index is 12.4. The SMILES string of the molecule is CCc1cccc(NS(=O)(=O)c2cc(CNC)n(C)c2)c1. The molecule has 0 atom stereocenters.